The molecule has 1 heterocycles. The molecule has 2 unspecified atom stereocenters. The molecule has 0 amide bonds. The summed E-state index contributed by atoms with van der Waals surface area (Å²) in [5.41, 5.74) is 1.31. The topological polar surface area (TPSA) is 24.5 Å². The Morgan fingerprint density at radius 1 is 1.32 bits per heavy atom. The van der Waals surface area contributed by atoms with Crippen LogP contribution >= 0.6 is 0 Å². The summed E-state index contributed by atoms with van der Waals surface area (Å²) in [5, 5.41) is 3.66. The summed E-state index contributed by atoms with van der Waals surface area (Å²) < 4.78 is 5.24. The first-order valence-electron chi connectivity index (χ1n) is 7.29. The van der Waals surface area contributed by atoms with Crippen molar-refractivity contribution in [1.29, 1.82) is 0 Å². The highest BCUT2D eigenvalue weighted by atomic mass is 16.5. The lowest BCUT2D eigenvalue weighted by atomic mass is 9.97. The molecule has 3 nitrogen and oxygen atoms in total. The number of hydrogen-bond donors (Lipinski definition) is 1. The van der Waals surface area contributed by atoms with E-state index in [0.29, 0.717) is 18.0 Å². The van der Waals surface area contributed by atoms with Gasteiger partial charge in [-0.15, -0.1) is 0 Å². The first kappa shape index (κ1) is 14.2. The van der Waals surface area contributed by atoms with Crippen molar-refractivity contribution in [3.8, 4) is 5.75 Å². The predicted octanol–water partition coefficient (Wildman–Crippen LogP) is 2.91. The maximum atomic E-state index is 5.24. The third-order valence-corrected chi connectivity index (χ3v) is 4.10. The zero-order valence-electron chi connectivity index (χ0n) is 12.5. The summed E-state index contributed by atoms with van der Waals surface area (Å²) in [6.45, 7) is 9.01. The van der Waals surface area contributed by atoms with Gasteiger partial charge in [0.05, 0.1) is 7.11 Å². The van der Waals surface area contributed by atoms with Gasteiger partial charge in [0, 0.05) is 30.9 Å². The number of benzene rings is 1. The molecule has 1 N–H and O–H groups in total. The normalized spacial score (nSPS) is 23.7. The van der Waals surface area contributed by atoms with E-state index in [4.69, 9.17) is 4.74 Å². The van der Waals surface area contributed by atoms with E-state index >= 15 is 0 Å². The summed E-state index contributed by atoms with van der Waals surface area (Å²) in [7, 11) is 1.71. The molecule has 1 aromatic rings. The SMILES string of the molecule is CCC1CN(c2ccc(OC)cc2)C(C(C)C)CN1. The van der Waals surface area contributed by atoms with Gasteiger partial charge in [-0.05, 0) is 36.6 Å². The average molecular weight is 262 g/mol. The minimum Gasteiger partial charge on any atom is -0.497 e. The molecule has 1 aliphatic heterocycles. The Morgan fingerprint density at radius 2 is 2.00 bits per heavy atom. The van der Waals surface area contributed by atoms with Crippen LogP contribution in [0.25, 0.3) is 0 Å². The van der Waals surface area contributed by atoms with Crippen molar-refractivity contribution in [3.63, 3.8) is 0 Å². The van der Waals surface area contributed by atoms with Gasteiger partial charge in [-0.3, -0.25) is 0 Å². The van der Waals surface area contributed by atoms with E-state index in [1.807, 2.05) is 0 Å². The lowest BCUT2D eigenvalue weighted by molar-refractivity contribution is 0.333. The molecule has 2 rings (SSSR count). The van der Waals surface area contributed by atoms with Crippen LogP contribution in [0.1, 0.15) is 27.2 Å². The van der Waals surface area contributed by atoms with Crippen molar-refractivity contribution in [2.75, 3.05) is 25.1 Å². The summed E-state index contributed by atoms with van der Waals surface area (Å²) in [6.07, 6.45) is 1.18. The third kappa shape index (κ3) is 3.21. The number of piperazine rings is 1. The summed E-state index contributed by atoms with van der Waals surface area (Å²) in [5.74, 6) is 1.57. The monoisotopic (exact) mass is 262 g/mol. The van der Waals surface area contributed by atoms with Gasteiger partial charge in [0.2, 0.25) is 0 Å². The Bertz CT molecular complexity index is 388. The molecule has 0 spiro atoms. The Kier molecular flexibility index (Phi) is 4.70. The summed E-state index contributed by atoms with van der Waals surface area (Å²) in [6, 6.07) is 9.61. The van der Waals surface area contributed by atoms with Gasteiger partial charge in [0.1, 0.15) is 5.75 Å². The number of rotatable bonds is 4. The van der Waals surface area contributed by atoms with Crippen molar-refractivity contribution in [1.82, 2.24) is 5.32 Å². The van der Waals surface area contributed by atoms with Crippen LogP contribution in [0.2, 0.25) is 0 Å². The number of ether oxygens (including phenoxy) is 1. The largest absolute Gasteiger partial charge is 0.497 e. The third-order valence-electron chi connectivity index (χ3n) is 4.10. The van der Waals surface area contributed by atoms with Crippen molar-refractivity contribution in [2.45, 2.75) is 39.3 Å². The molecule has 3 heteroatoms. The van der Waals surface area contributed by atoms with Crippen LogP contribution in [0, 0.1) is 5.92 Å². The molecule has 0 radical (unpaired) electrons. The van der Waals surface area contributed by atoms with Gasteiger partial charge >= 0.3 is 0 Å². The minimum absolute atomic E-state index is 0.566. The van der Waals surface area contributed by atoms with E-state index in [1.54, 1.807) is 7.11 Å². The Labute approximate surface area is 116 Å². The van der Waals surface area contributed by atoms with Crippen LogP contribution in [0.5, 0.6) is 5.75 Å². The van der Waals surface area contributed by atoms with Crippen LogP contribution in [0.3, 0.4) is 0 Å². The number of methoxy groups -OCH3 is 1. The molecule has 106 valence electrons. The van der Waals surface area contributed by atoms with E-state index in [1.165, 1.54) is 12.1 Å². The first-order chi connectivity index (χ1) is 9.15. The molecule has 1 saturated heterocycles. The number of nitrogens with zero attached hydrogens (tertiary/aromatic N) is 1. The highest BCUT2D eigenvalue weighted by molar-refractivity contribution is 5.51. The molecule has 2 atom stereocenters. The lowest BCUT2D eigenvalue weighted by Crippen LogP contribution is -2.58. The van der Waals surface area contributed by atoms with Crippen LogP contribution in [0.15, 0.2) is 24.3 Å². The van der Waals surface area contributed by atoms with Crippen molar-refractivity contribution in [2.24, 2.45) is 5.92 Å². The zero-order chi connectivity index (χ0) is 13.8. The first-order valence-corrected chi connectivity index (χ1v) is 7.29. The van der Waals surface area contributed by atoms with E-state index in [-0.39, 0.29) is 0 Å². The van der Waals surface area contributed by atoms with Crippen LogP contribution in [-0.2, 0) is 0 Å². The second-order valence-electron chi connectivity index (χ2n) is 5.68. The standard InChI is InChI=1S/C16H26N2O/c1-5-13-11-18(16(10-17-13)12(2)3)14-6-8-15(19-4)9-7-14/h6-9,12-13,16-17H,5,10-11H2,1-4H3. The molecule has 0 aliphatic carbocycles. The second-order valence-corrected chi connectivity index (χ2v) is 5.68. The molecule has 0 bridgehead atoms. The lowest BCUT2D eigenvalue weighted by Gasteiger charge is -2.43. The van der Waals surface area contributed by atoms with Crippen molar-refractivity contribution < 1.29 is 4.74 Å². The minimum atomic E-state index is 0.566. The molecular formula is C16H26N2O. The van der Waals surface area contributed by atoms with Crippen molar-refractivity contribution in [3.05, 3.63) is 24.3 Å². The maximum absolute atomic E-state index is 5.24. The number of nitrogens with one attached hydrogen (secondary N) is 1. The summed E-state index contributed by atoms with van der Waals surface area (Å²) in [4.78, 5) is 2.55. The Balaban J connectivity index is 2.20. The fourth-order valence-electron chi connectivity index (χ4n) is 2.77. The molecule has 0 aromatic heterocycles. The predicted molar refractivity (Wildman–Crippen MR) is 81.0 cm³/mol. The van der Waals surface area contributed by atoms with Gasteiger partial charge in [0.15, 0.2) is 0 Å². The highest BCUT2D eigenvalue weighted by Gasteiger charge is 2.29. The number of anilines is 1. The van der Waals surface area contributed by atoms with Gasteiger partial charge in [-0.25, -0.2) is 0 Å². The quantitative estimate of drug-likeness (QED) is 0.903. The van der Waals surface area contributed by atoms with E-state index in [9.17, 15) is 0 Å². The van der Waals surface area contributed by atoms with E-state index in [0.717, 1.165) is 18.8 Å². The maximum Gasteiger partial charge on any atom is 0.119 e. The fourth-order valence-corrected chi connectivity index (χ4v) is 2.77. The van der Waals surface area contributed by atoms with Crippen molar-refractivity contribution >= 4 is 5.69 Å². The Hall–Kier alpha value is -1.22. The smallest absolute Gasteiger partial charge is 0.119 e. The van der Waals surface area contributed by atoms with Gasteiger partial charge < -0.3 is 15.0 Å². The summed E-state index contributed by atoms with van der Waals surface area (Å²) >= 11 is 0. The molecule has 0 saturated carbocycles. The zero-order valence-corrected chi connectivity index (χ0v) is 12.5. The van der Waals surface area contributed by atoms with E-state index < -0.39 is 0 Å². The van der Waals surface area contributed by atoms with E-state index in [2.05, 4.69) is 55.3 Å². The molecular weight excluding hydrogens is 236 g/mol. The van der Waals surface area contributed by atoms with Crippen LogP contribution < -0.4 is 15.0 Å². The highest BCUT2D eigenvalue weighted by Crippen LogP contribution is 2.26. The van der Waals surface area contributed by atoms with Crippen LogP contribution in [-0.4, -0.2) is 32.3 Å². The van der Waals surface area contributed by atoms with Crippen LogP contribution in [0.4, 0.5) is 5.69 Å². The fraction of sp³-hybridized carbons (Fsp3) is 0.625. The molecule has 1 aliphatic rings. The molecule has 1 fully saturated rings. The van der Waals surface area contributed by atoms with Gasteiger partial charge in [-0.2, -0.15) is 0 Å². The Morgan fingerprint density at radius 3 is 2.53 bits per heavy atom. The molecule has 19 heavy (non-hydrogen) atoms. The second kappa shape index (κ2) is 6.29. The molecule has 1 aromatic carbocycles. The van der Waals surface area contributed by atoms with Gasteiger partial charge in [-0.1, -0.05) is 20.8 Å². The average Bonchev–Trinajstić information content (AvgIpc) is 2.46. The van der Waals surface area contributed by atoms with Gasteiger partial charge in [0.25, 0.3) is 0 Å². The number of hydrogen-bond acceptors (Lipinski definition) is 3.